The number of amides is 2. The summed E-state index contributed by atoms with van der Waals surface area (Å²) >= 11 is 0. The fraction of sp³-hybridized carbons (Fsp3) is 0.278. The highest BCUT2D eigenvalue weighted by atomic mass is 19.4. The van der Waals surface area contributed by atoms with Gasteiger partial charge in [0.25, 0.3) is 5.91 Å². The minimum absolute atomic E-state index is 0.0177. The molecule has 0 atom stereocenters. The van der Waals surface area contributed by atoms with Crippen LogP contribution in [-0.4, -0.2) is 29.9 Å². The zero-order chi connectivity index (χ0) is 20.9. The monoisotopic (exact) mass is 399 g/mol. The molecule has 6 nitrogen and oxygen atoms in total. The van der Waals surface area contributed by atoms with E-state index in [9.17, 15) is 27.2 Å². The maximum Gasteiger partial charge on any atom is 0.416 e. The molecule has 0 aliphatic heterocycles. The van der Waals surface area contributed by atoms with E-state index >= 15 is 0 Å². The Morgan fingerprint density at radius 2 is 1.89 bits per heavy atom. The van der Waals surface area contributed by atoms with E-state index in [1.54, 1.807) is 6.92 Å². The second-order valence-corrected chi connectivity index (χ2v) is 5.81. The molecule has 0 aliphatic carbocycles. The third-order valence-electron chi connectivity index (χ3n) is 3.42. The molecule has 2 N–H and O–H groups in total. The third kappa shape index (κ3) is 5.93. The summed E-state index contributed by atoms with van der Waals surface area (Å²) in [6, 6.07) is 4.83. The molecule has 2 amide bonds. The van der Waals surface area contributed by atoms with E-state index in [1.165, 1.54) is 19.1 Å². The Kier molecular flexibility index (Phi) is 6.55. The van der Waals surface area contributed by atoms with E-state index in [-0.39, 0.29) is 36.2 Å². The maximum absolute atomic E-state index is 13.7. The second-order valence-electron chi connectivity index (χ2n) is 5.81. The molecular weight excluding hydrogens is 382 g/mol. The van der Waals surface area contributed by atoms with Crippen molar-refractivity contribution >= 4 is 17.6 Å². The molecule has 1 heterocycles. The predicted molar refractivity (Wildman–Crippen MR) is 92.5 cm³/mol. The summed E-state index contributed by atoms with van der Waals surface area (Å²) in [5, 5.41) is 5.00. The van der Waals surface area contributed by atoms with Gasteiger partial charge in [-0.15, -0.1) is 0 Å². The first-order valence-electron chi connectivity index (χ1n) is 8.10. The number of nitrogens with one attached hydrogen (secondary N) is 2. The standard InChI is InChI=1S/C18H17F4N3O3/c1-10-7-12(8-16(24-10)25-11(2)26)17(27)23-5-6-28-15-4-3-13(9-14(15)19)18(20,21)22/h3-4,7-9H,5-6H2,1-2H3,(H,23,27)(H,24,25,26). The average molecular weight is 399 g/mol. The molecule has 0 spiro atoms. The van der Waals surface area contributed by atoms with E-state index in [4.69, 9.17) is 4.74 Å². The Morgan fingerprint density at radius 1 is 1.18 bits per heavy atom. The molecule has 150 valence electrons. The van der Waals surface area contributed by atoms with E-state index in [2.05, 4.69) is 15.6 Å². The van der Waals surface area contributed by atoms with Gasteiger partial charge in [-0.1, -0.05) is 0 Å². The van der Waals surface area contributed by atoms with Crippen LogP contribution in [-0.2, 0) is 11.0 Å². The number of carbonyl (C=O) groups excluding carboxylic acids is 2. The van der Waals surface area contributed by atoms with Gasteiger partial charge in [-0.2, -0.15) is 13.2 Å². The number of hydrogen-bond acceptors (Lipinski definition) is 4. The Morgan fingerprint density at radius 3 is 2.50 bits per heavy atom. The molecule has 1 aromatic heterocycles. The molecule has 0 unspecified atom stereocenters. The number of carbonyl (C=O) groups is 2. The first kappa shape index (κ1) is 21.1. The summed E-state index contributed by atoms with van der Waals surface area (Å²) in [7, 11) is 0. The quantitative estimate of drug-likeness (QED) is 0.577. The van der Waals surface area contributed by atoms with Crippen molar-refractivity contribution < 1.29 is 31.9 Å². The van der Waals surface area contributed by atoms with Gasteiger partial charge in [-0.3, -0.25) is 9.59 Å². The van der Waals surface area contributed by atoms with Crippen molar-refractivity contribution in [3.05, 3.63) is 53.0 Å². The number of hydrogen-bond donors (Lipinski definition) is 2. The van der Waals surface area contributed by atoms with Gasteiger partial charge >= 0.3 is 6.18 Å². The summed E-state index contributed by atoms with van der Waals surface area (Å²) in [5.74, 6) is -2.09. The zero-order valence-corrected chi connectivity index (χ0v) is 15.0. The number of aromatic nitrogens is 1. The topological polar surface area (TPSA) is 80.3 Å². The summed E-state index contributed by atoms with van der Waals surface area (Å²) in [5.41, 5.74) is -0.356. The molecule has 0 aliphatic rings. The largest absolute Gasteiger partial charge is 0.489 e. The maximum atomic E-state index is 13.7. The van der Waals surface area contributed by atoms with Crippen LogP contribution in [0, 0.1) is 12.7 Å². The van der Waals surface area contributed by atoms with Gasteiger partial charge in [0.05, 0.1) is 12.1 Å². The van der Waals surface area contributed by atoms with Crippen LogP contribution >= 0.6 is 0 Å². The van der Waals surface area contributed by atoms with Gasteiger partial charge in [0, 0.05) is 18.2 Å². The van der Waals surface area contributed by atoms with Crippen molar-refractivity contribution in [2.24, 2.45) is 0 Å². The van der Waals surface area contributed by atoms with Gasteiger partial charge in [-0.25, -0.2) is 9.37 Å². The van der Waals surface area contributed by atoms with Gasteiger partial charge < -0.3 is 15.4 Å². The smallest absolute Gasteiger partial charge is 0.416 e. The van der Waals surface area contributed by atoms with E-state index < -0.39 is 23.5 Å². The van der Waals surface area contributed by atoms with Crippen LogP contribution in [0.15, 0.2) is 30.3 Å². The fourth-order valence-electron chi connectivity index (χ4n) is 2.27. The summed E-state index contributed by atoms with van der Waals surface area (Å²) < 4.78 is 56.2. The molecule has 10 heteroatoms. The van der Waals surface area contributed by atoms with E-state index in [0.29, 0.717) is 17.8 Å². The highest BCUT2D eigenvalue weighted by Gasteiger charge is 2.31. The Balaban J connectivity index is 1.91. The third-order valence-corrected chi connectivity index (χ3v) is 3.42. The van der Waals surface area contributed by atoms with Crippen LogP contribution in [0.5, 0.6) is 5.75 Å². The number of halogens is 4. The van der Waals surface area contributed by atoms with Crippen LogP contribution in [0.25, 0.3) is 0 Å². The van der Waals surface area contributed by atoms with Crippen LogP contribution < -0.4 is 15.4 Å². The molecular formula is C18H17F4N3O3. The van der Waals surface area contributed by atoms with E-state index in [1.807, 2.05) is 0 Å². The number of benzene rings is 1. The number of pyridine rings is 1. The Labute approximate surface area is 157 Å². The SMILES string of the molecule is CC(=O)Nc1cc(C(=O)NCCOc2ccc(C(F)(F)F)cc2F)cc(C)n1. The second kappa shape index (κ2) is 8.68. The summed E-state index contributed by atoms with van der Waals surface area (Å²) in [4.78, 5) is 27.3. The minimum atomic E-state index is -4.65. The normalized spacial score (nSPS) is 11.1. The highest BCUT2D eigenvalue weighted by Crippen LogP contribution is 2.31. The van der Waals surface area contributed by atoms with Gasteiger partial charge in [0.2, 0.25) is 5.91 Å². The molecule has 0 bridgehead atoms. The lowest BCUT2D eigenvalue weighted by Gasteiger charge is -2.11. The Bertz CT molecular complexity index is 885. The van der Waals surface area contributed by atoms with E-state index in [0.717, 1.165) is 6.07 Å². The Hall–Kier alpha value is -3.17. The van der Waals surface area contributed by atoms with Gasteiger partial charge in [0.1, 0.15) is 12.4 Å². The molecule has 1 aromatic carbocycles. The lowest BCUT2D eigenvalue weighted by Crippen LogP contribution is -2.28. The lowest BCUT2D eigenvalue weighted by atomic mass is 10.2. The van der Waals surface area contributed by atoms with Crippen molar-refractivity contribution in [1.29, 1.82) is 0 Å². The number of ether oxygens (including phenoxy) is 1. The number of alkyl halides is 3. The lowest BCUT2D eigenvalue weighted by molar-refractivity contribution is -0.137. The molecule has 0 saturated carbocycles. The van der Waals surface area contributed by atoms with Crippen molar-refractivity contribution in [2.45, 2.75) is 20.0 Å². The van der Waals surface area contributed by atoms with Crippen molar-refractivity contribution in [3.8, 4) is 5.75 Å². The van der Waals surface area contributed by atoms with Crippen LogP contribution in [0.1, 0.15) is 28.5 Å². The van der Waals surface area contributed by atoms with Crippen LogP contribution in [0.2, 0.25) is 0 Å². The number of rotatable bonds is 6. The minimum Gasteiger partial charge on any atom is -0.489 e. The predicted octanol–water partition coefficient (Wildman–Crippen LogP) is 3.32. The molecule has 28 heavy (non-hydrogen) atoms. The summed E-state index contributed by atoms with van der Waals surface area (Å²) in [6.45, 7) is 2.78. The molecule has 0 fully saturated rings. The fourth-order valence-corrected chi connectivity index (χ4v) is 2.27. The first-order valence-corrected chi connectivity index (χ1v) is 8.10. The van der Waals surface area contributed by atoms with Crippen molar-refractivity contribution in [1.82, 2.24) is 10.3 Å². The molecule has 2 rings (SSSR count). The van der Waals surface area contributed by atoms with Crippen LogP contribution in [0.3, 0.4) is 0 Å². The zero-order valence-electron chi connectivity index (χ0n) is 15.0. The highest BCUT2D eigenvalue weighted by molar-refractivity contribution is 5.96. The first-order chi connectivity index (χ1) is 13.1. The number of aryl methyl sites for hydroxylation is 1. The van der Waals surface area contributed by atoms with Gasteiger partial charge in [0.15, 0.2) is 11.6 Å². The van der Waals surface area contributed by atoms with Crippen molar-refractivity contribution in [3.63, 3.8) is 0 Å². The summed E-state index contributed by atoms with van der Waals surface area (Å²) in [6.07, 6.45) is -4.65. The van der Waals surface area contributed by atoms with Gasteiger partial charge in [-0.05, 0) is 37.3 Å². The van der Waals surface area contributed by atoms with Crippen LogP contribution in [0.4, 0.5) is 23.4 Å². The molecule has 0 saturated heterocycles. The van der Waals surface area contributed by atoms with Crippen molar-refractivity contribution in [2.75, 3.05) is 18.5 Å². The molecule has 2 aromatic rings. The number of anilines is 1. The average Bonchev–Trinajstić information content (AvgIpc) is 2.57. The number of nitrogens with zero attached hydrogens (tertiary/aromatic N) is 1. The molecule has 0 radical (unpaired) electrons.